The summed E-state index contributed by atoms with van der Waals surface area (Å²) >= 11 is 0. The third kappa shape index (κ3) is 2.86. The zero-order chi connectivity index (χ0) is 14.8. The van der Waals surface area contributed by atoms with Crippen LogP contribution in [0.2, 0.25) is 0 Å². The highest BCUT2D eigenvalue weighted by atomic mass is 16.2. The zero-order valence-electron chi connectivity index (χ0n) is 11.8. The van der Waals surface area contributed by atoms with Gasteiger partial charge in [0.05, 0.1) is 11.1 Å². The second-order valence-electron chi connectivity index (χ2n) is 5.20. The summed E-state index contributed by atoms with van der Waals surface area (Å²) in [7, 11) is 0. The van der Waals surface area contributed by atoms with Crippen LogP contribution < -0.4 is 10.6 Å². The van der Waals surface area contributed by atoms with Crippen molar-refractivity contribution in [1.29, 1.82) is 0 Å². The summed E-state index contributed by atoms with van der Waals surface area (Å²) in [5.41, 5.74) is 1.24. The fourth-order valence-corrected chi connectivity index (χ4v) is 2.26. The Morgan fingerprint density at radius 1 is 1.29 bits per heavy atom. The lowest BCUT2D eigenvalue weighted by Crippen LogP contribution is -2.23. The summed E-state index contributed by atoms with van der Waals surface area (Å²) in [6.07, 6.45) is 1.87. The van der Waals surface area contributed by atoms with Gasteiger partial charge in [-0.3, -0.25) is 9.59 Å². The maximum absolute atomic E-state index is 12.2. The molecule has 1 saturated carbocycles. The molecule has 5 heteroatoms. The summed E-state index contributed by atoms with van der Waals surface area (Å²) in [6.45, 7) is 2.43. The van der Waals surface area contributed by atoms with Gasteiger partial charge < -0.3 is 10.6 Å². The number of benzene rings is 1. The minimum atomic E-state index is -0.155. The molecule has 1 fully saturated rings. The molecule has 1 aliphatic carbocycles. The van der Waals surface area contributed by atoms with Crippen LogP contribution in [0.15, 0.2) is 30.3 Å². The second kappa shape index (κ2) is 5.52. The van der Waals surface area contributed by atoms with E-state index in [2.05, 4.69) is 15.6 Å². The minimum absolute atomic E-state index is 0.0142. The van der Waals surface area contributed by atoms with E-state index in [0.717, 1.165) is 18.2 Å². The molecule has 108 valence electrons. The molecule has 0 unspecified atom stereocenters. The van der Waals surface area contributed by atoms with Gasteiger partial charge in [-0.1, -0.05) is 18.2 Å². The first-order valence-corrected chi connectivity index (χ1v) is 7.18. The van der Waals surface area contributed by atoms with Crippen LogP contribution in [0.4, 0.5) is 5.82 Å². The smallest absolute Gasteiger partial charge is 0.252 e. The Morgan fingerprint density at radius 3 is 2.76 bits per heavy atom. The van der Waals surface area contributed by atoms with Crippen molar-refractivity contribution >= 4 is 28.5 Å². The molecule has 1 aromatic heterocycles. The SMILES string of the molecule is CCNC(=O)c1cc(NC(=O)C2CC2)nc2ccccc12. The van der Waals surface area contributed by atoms with Crippen LogP contribution in [0.1, 0.15) is 30.1 Å². The van der Waals surface area contributed by atoms with Crippen molar-refractivity contribution in [3.8, 4) is 0 Å². The number of rotatable bonds is 4. The van der Waals surface area contributed by atoms with Crippen LogP contribution >= 0.6 is 0 Å². The number of carbonyl (C=O) groups excluding carboxylic acids is 2. The number of aromatic nitrogens is 1. The highest BCUT2D eigenvalue weighted by Crippen LogP contribution is 2.30. The average molecular weight is 283 g/mol. The van der Waals surface area contributed by atoms with E-state index in [0.29, 0.717) is 23.4 Å². The van der Waals surface area contributed by atoms with E-state index >= 15 is 0 Å². The van der Waals surface area contributed by atoms with Gasteiger partial charge in [-0.15, -0.1) is 0 Å². The number of nitrogens with one attached hydrogen (secondary N) is 2. The molecule has 2 N–H and O–H groups in total. The predicted octanol–water partition coefficient (Wildman–Crippen LogP) is 2.33. The Kier molecular flexibility index (Phi) is 3.56. The standard InChI is InChI=1S/C16H17N3O2/c1-2-17-16(21)12-9-14(19-15(20)10-7-8-10)18-13-6-4-3-5-11(12)13/h3-6,9-10H,2,7-8H2,1H3,(H,17,21)(H,18,19,20). The van der Waals surface area contributed by atoms with Gasteiger partial charge in [0.1, 0.15) is 5.82 Å². The second-order valence-corrected chi connectivity index (χ2v) is 5.20. The van der Waals surface area contributed by atoms with E-state index in [1.54, 1.807) is 6.07 Å². The number of hydrogen-bond donors (Lipinski definition) is 2. The average Bonchev–Trinajstić information content (AvgIpc) is 3.31. The minimum Gasteiger partial charge on any atom is -0.352 e. The maximum Gasteiger partial charge on any atom is 0.252 e. The molecule has 2 aromatic rings. The van der Waals surface area contributed by atoms with Gasteiger partial charge >= 0.3 is 0 Å². The molecule has 3 rings (SSSR count). The fourth-order valence-electron chi connectivity index (χ4n) is 2.26. The van der Waals surface area contributed by atoms with Crippen molar-refractivity contribution in [2.45, 2.75) is 19.8 Å². The van der Waals surface area contributed by atoms with E-state index < -0.39 is 0 Å². The van der Waals surface area contributed by atoms with Crippen LogP contribution in [0.5, 0.6) is 0 Å². The van der Waals surface area contributed by atoms with E-state index in [4.69, 9.17) is 0 Å². The first-order valence-electron chi connectivity index (χ1n) is 7.18. The number of hydrogen-bond acceptors (Lipinski definition) is 3. The first kappa shape index (κ1) is 13.5. The third-order valence-electron chi connectivity index (χ3n) is 3.50. The zero-order valence-corrected chi connectivity index (χ0v) is 11.8. The van der Waals surface area contributed by atoms with Crippen molar-refractivity contribution in [2.75, 3.05) is 11.9 Å². The van der Waals surface area contributed by atoms with Gasteiger partial charge in [-0.05, 0) is 31.9 Å². The monoisotopic (exact) mass is 283 g/mol. The number of fused-ring (bicyclic) bond motifs is 1. The molecule has 0 atom stereocenters. The predicted molar refractivity (Wildman–Crippen MR) is 81.1 cm³/mol. The Bertz CT molecular complexity index is 708. The third-order valence-corrected chi connectivity index (χ3v) is 3.50. The van der Waals surface area contributed by atoms with E-state index in [1.807, 2.05) is 31.2 Å². The quantitative estimate of drug-likeness (QED) is 0.904. The lowest BCUT2D eigenvalue weighted by atomic mass is 10.1. The van der Waals surface area contributed by atoms with Crippen molar-refractivity contribution < 1.29 is 9.59 Å². The lowest BCUT2D eigenvalue weighted by Gasteiger charge is -2.10. The Labute approximate surface area is 122 Å². The molecule has 0 spiro atoms. The molecule has 1 aromatic carbocycles. The summed E-state index contributed by atoms with van der Waals surface area (Å²) < 4.78 is 0. The summed E-state index contributed by atoms with van der Waals surface area (Å²) in [4.78, 5) is 28.5. The van der Waals surface area contributed by atoms with Gasteiger partial charge in [0.15, 0.2) is 0 Å². The first-order chi connectivity index (χ1) is 10.2. The van der Waals surface area contributed by atoms with Crippen LogP contribution in [0, 0.1) is 5.92 Å². The molecule has 0 saturated heterocycles. The summed E-state index contributed by atoms with van der Waals surface area (Å²) in [5, 5.41) is 6.38. The van der Waals surface area contributed by atoms with Crippen LogP contribution in [-0.4, -0.2) is 23.3 Å². The molecule has 1 heterocycles. The Morgan fingerprint density at radius 2 is 2.05 bits per heavy atom. The molecule has 5 nitrogen and oxygen atoms in total. The van der Waals surface area contributed by atoms with Gasteiger partial charge in [0.2, 0.25) is 5.91 Å². The lowest BCUT2D eigenvalue weighted by molar-refractivity contribution is -0.117. The number of pyridine rings is 1. The summed E-state index contributed by atoms with van der Waals surface area (Å²) in [6, 6.07) is 9.08. The Balaban J connectivity index is 2.01. The number of amides is 2. The molecule has 0 bridgehead atoms. The van der Waals surface area contributed by atoms with E-state index in [9.17, 15) is 9.59 Å². The normalized spacial score (nSPS) is 14.0. The molecule has 0 radical (unpaired) electrons. The molecule has 21 heavy (non-hydrogen) atoms. The Hall–Kier alpha value is -2.43. The maximum atomic E-state index is 12.2. The van der Waals surface area contributed by atoms with E-state index in [-0.39, 0.29) is 17.7 Å². The highest BCUT2D eigenvalue weighted by Gasteiger charge is 2.30. The van der Waals surface area contributed by atoms with Gasteiger partial charge in [0, 0.05) is 17.8 Å². The highest BCUT2D eigenvalue weighted by molar-refractivity contribution is 6.07. The van der Waals surface area contributed by atoms with Crippen molar-refractivity contribution in [3.05, 3.63) is 35.9 Å². The molecule has 1 aliphatic rings. The number of para-hydroxylation sites is 1. The number of carbonyl (C=O) groups is 2. The van der Waals surface area contributed by atoms with Crippen molar-refractivity contribution in [2.24, 2.45) is 5.92 Å². The molecule has 2 amide bonds. The van der Waals surface area contributed by atoms with Crippen LogP contribution in [0.3, 0.4) is 0 Å². The molecule has 0 aliphatic heterocycles. The molecular formula is C16H17N3O2. The topological polar surface area (TPSA) is 71.1 Å². The fraction of sp³-hybridized carbons (Fsp3) is 0.312. The summed E-state index contributed by atoms with van der Waals surface area (Å²) in [5.74, 6) is 0.371. The number of nitrogens with zero attached hydrogens (tertiary/aromatic N) is 1. The van der Waals surface area contributed by atoms with Gasteiger partial charge in [-0.25, -0.2) is 4.98 Å². The largest absolute Gasteiger partial charge is 0.352 e. The van der Waals surface area contributed by atoms with Gasteiger partial charge in [0.25, 0.3) is 5.91 Å². The van der Waals surface area contributed by atoms with Crippen molar-refractivity contribution in [3.63, 3.8) is 0 Å². The van der Waals surface area contributed by atoms with Crippen LogP contribution in [-0.2, 0) is 4.79 Å². The van der Waals surface area contributed by atoms with Crippen molar-refractivity contribution in [1.82, 2.24) is 10.3 Å². The van der Waals surface area contributed by atoms with E-state index in [1.165, 1.54) is 0 Å². The van der Waals surface area contributed by atoms with Crippen LogP contribution in [0.25, 0.3) is 10.9 Å². The number of anilines is 1. The van der Waals surface area contributed by atoms with Gasteiger partial charge in [-0.2, -0.15) is 0 Å². The molecular weight excluding hydrogens is 266 g/mol.